The second kappa shape index (κ2) is 7.71. The molecule has 0 atom stereocenters. The van der Waals surface area contributed by atoms with Crippen molar-refractivity contribution in [2.75, 3.05) is 12.4 Å². The minimum absolute atomic E-state index is 0.220. The number of ether oxygens (including phenoxy) is 1. The van der Waals surface area contributed by atoms with E-state index in [1.807, 2.05) is 36.4 Å². The first-order valence-electron chi connectivity index (χ1n) is 8.53. The standard InChI is InChI=1S/C21H16N4O3/c1-27-18-10-6-15(7-11-18)21-24-19(25-28-21)14-4-8-17(9-5-14)23-20(26)16-3-2-12-22-13-16/h2-13H,1H3,(H,23,26). The highest BCUT2D eigenvalue weighted by atomic mass is 16.5. The number of nitrogens with zero attached hydrogens (tertiary/aromatic N) is 3. The highest BCUT2D eigenvalue weighted by molar-refractivity contribution is 6.04. The van der Waals surface area contributed by atoms with E-state index in [1.54, 1.807) is 37.6 Å². The molecule has 4 rings (SSSR count). The number of hydrogen-bond acceptors (Lipinski definition) is 6. The molecule has 0 saturated heterocycles. The fraction of sp³-hybridized carbons (Fsp3) is 0.0476. The number of hydrogen-bond donors (Lipinski definition) is 1. The number of benzene rings is 2. The number of methoxy groups -OCH3 is 1. The van der Waals surface area contributed by atoms with Crippen LogP contribution < -0.4 is 10.1 Å². The van der Waals surface area contributed by atoms with Crippen molar-refractivity contribution < 1.29 is 14.1 Å². The van der Waals surface area contributed by atoms with Crippen LogP contribution in [0, 0.1) is 0 Å². The second-order valence-electron chi connectivity index (χ2n) is 5.92. The Labute approximate surface area is 161 Å². The summed E-state index contributed by atoms with van der Waals surface area (Å²) in [5.41, 5.74) is 2.74. The van der Waals surface area contributed by atoms with Crippen molar-refractivity contribution in [1.29, 1.82) is 0 Å². The van der Waals surface area contributed by atoms with Gasteiger partial charge in [-0.25, -0.2) is 0 Å². The van der Waals surface area contributed by atoms with Crippen LogP contribution in [0.4, 0.5) is 5.69 Å². The van der Waals surface area contributed by atoms with Gasteiger partial charge in [0, 0.05) is 29.2 Å². The summed E-state index contributed by atoms with van der Waals surface area (Å²) in [4.78, 5) is 20.5. The van der Waals surface area contributed by atoms with Crippen LogP contribution >= 0.6 is 0 Å². The molecule has 2 aromatic carbocycles. The third-order valence-corrected chi connectivity index (χ3v) is 4.09. The van der Waals surface area contributed by atoms with E-state index in [0.29, 0.717) is 23.0 Å². The summed E-state index contributed by atoms with van der Waals surface area (Å²) >= 11 is 0. The summed E-state index contributed by atoms with van der Waals surface area (Å²) in [6.45, 7) is 0. The molecule has 0 spiro atoms. The van der Waals surface area contributed by atoms with E-state index >= 15 is 0 Å². The van der Waals surface area contributed by atoms with Crippen LogP contribution in [0.25, 0.3) is 22.8 Å². The number of aromatic nitrogens is 3. The zero-order valence-electron chi connectivity index (χ0n) is 15.0. The van der Waals surface area contributed by atoms with Crippen molar-refractivity contribution in [2.24, 2.45) is 0 Å². The maximum Gasteiger partial charge on any atom is 0.258 e. The average Bonchev–Trinajstić information content (AvgIpc) is 3.25. The molecular formula is C21H16N4O3. The number of carbonyl (C=O) groups is 1. The van der Waals surface area contributed by atoms with Crippen molar-refractivity contribution in [1.82, 2.24) is 15.1 Å². The first-order valence-corrected chi connectivity index (χ1v) is 8.53. The van der Waals surface area contributed by atoms with Crippen molar-refractivity contribution in [2.45, 2.75) is 0 Å². The normalized spacial score (nSPS) is 10.5. The Hall–Kier alpha value is -4.00. The van der Waals surface area contributed by atoms with E-state index in [1.165, 1.54) is 6.20 Å². The molecule has 4 aromatic rings. The van der Waals surface area contributed by atoms with Crippen molar-refractivity contribution >= 4 is 11.6 Å². The molecule has 0 radical (unpaired) electrons. The summed E-state index contributed by atoms with van der Waals surface area (Å²) in [6, 6.07) is 18.0. The van der Waals surface area contributed by atoms with E-state index in [9.17, 15) is 4.79 Å². The molecule has 2 aromatic heterocycles. The zero-order valence-corrected chi connectivity index (χ0v) is 15.0. The second-order valence-corrected chi connectivity index (χ2v) is 5.92. The molecule has 0 bridgehead atoms. The Bertz CT molecular complexity index is 1070. The molecule has 0 unspecified atom stereocenters. The van der Waals surface area contributed by atoms with Gasteiger partial charge in [0.1, 0.15) is 5.75 Å². The number of amides is 1. The van der Waals surface area contributed by atoms with E-state index in [2.05, 4.69) is 20.4 Å². The van der Waals surface area contributed by atoms with Crippen molar-refractivity contribution in [3.8, 4) is 28.6 Å². The van der Waals surface area contributed by atoms with Gasteiger partial charge in [0.05, 0.1) is 12.7 Å². The first kappa shape index (κ1) is 17.4. The van der Waals surface area contributed by atoms with Gasteiger partial charge in [-0.3, -0.25) is 9.78 Å². The Morgan fingerprint density at radius 3 is 2.43 bits per heavy atom. The molecule has 7 nitrogen and oxygen atoms in total. The minimum atomic E-state index is -0.220. The zero-order chi connectivity index (χ0) is 19.3. The molecule has 0 aliphatic rings. The number of rotatable bonds is 5. The molecule has 2 heterocycles. The molecule has 0 saturated carbocycles. The van der Waals surface area contributed by atoms with Gasteiger partial charge in [-0.15, -0.1) is 0 Å². The van der Waals surface area contributed by atoms with Crippen LogP contribution in [0.5, 0.6) is 5.75 Å². The van der Waals surface area contributed by atoms with E-state index in [-0.39, 0.29) is 5.91 Å². The van der Waals surface area contributed by atoms with Crippen LogP contribution in [-0.4, -0.2) is 28.1 Å². The largest absolute Gasteiger partial charge is 0.497 e. The molecular weight excluding hydrogens is 356 g/mol. The van der Waals surface area contributed by atoms with Gasteiger partial charge in [0.15, 0.2) is 0 Å². The van der Waals surface area contributed by atoms with Gasteiger partial charge < -0.3 is 14.6 Å². The smallest absolute Gasteiger partial charge is 0.258 e. The van der Waals surface area contributed by atoms with Gasteiger partial charge in [-0.05, 0) is 60.7 Å². The molecule has 0 aliphatic heterocycles. The minimum Gasteiger partial charge on any atom is -0.497 e. The number of pyridine rings is 1. The Balaban J connectivity index is 1.48. The Kier molecular flexibility index (Phi) is 4.79. The van der Waals surface area contributed by atoms with Gasteiger partial charge in [0.25, 0.3) is 11.8 Å². The van der Waals surface area contributed by atoms with Crippen molar-refractivity contribution in [3.05, 3.63) is 78.6 Å². The lowest BCUT2D eigenvalue weighted by Crippen LogP contribution is -2.11. The number of anilines is 1. The third-order valence-electron chi connectivity index (χ3n) is 4.09. The fourth-order valence-electron chi connectivity index (χ4n) is 2.59. The summed E-state index contributed by atoms with van der Waals surface area (Å²) in [7, 11) is 1.61. The lowest BCUT2D eigenvalue weighted by atomic mass is 10.2. The lowest BCUT2D eigenvalue weighted by Gasteiger charge is -2.05. The van der Waals surface area contributed by atoms with Gasteiger partial charge in [-0.2, -0.15) is 4.98 Å². The number of nitrogens with one attached hydrogen (secondary N) is 1. The number of carbonyl (C=O) groups excluding carboxylic acids is 1. The highest BCUT2D eigenvalue weighted by Gasteiger charge is 2.11. The fourth-order valence-corrected chi connectivity index (χ4v) is 2.59. The quantitative estimate of drug-likeness (QED) is 0.568. The van der Waals surface area contributed by atoms with Crippen LogP contribution in [0.3, 0.4) is 0 Å². The summed E-state index contributed by atoms with van der Waals surface area (Å²) in [6.07, 6.45) is 3.14. The molecule has 28 heavy (non-hydrogen) atoms. The maximum absolute atomic E-state index is 12.2. The SMILES string of the molecule is COc1ccc(-c2nc(-c3ccc(NC(=O)c4cccnc4)cc3)no2)cc1. The van der Waals surface area contributed by atoms with Gasteiger partial charge in [0.2, 0.25) is 5.82 Å². The Morgan fingerprint density at radius 1 is 1.00 bits per heavy atom. The lowest BCUT2D eigenvalue weighted by molar-refractivity contribution is 0.102. The maximum atomic E-state index is 12.2. The van der Waals surface area contributed by atoms with Gasteiger partial charge >= 0.3 is 0 Å². The average molecular weight is 372 g/mol. The van der Waals surface area contributed by atoms with E-state index < -0.39 is 0 Å². The third kappa shape index (κ3) is 3.73. The monoisotopic (exact) mass is 372 g/mol. The first-order chi connectivity index (χ1) is 13.7. The van der Waals surface area contributed by atoms with Gasteiger partial charge in [-0.1, -0.05) is 5.16 Å². The molecule has 7 heteroatoms. The van der Waals surface area contributed by atoms with Crippen molar-refractivity contribution in [3.63, 3.8) is 0 Å². The topological polar surface area (TPSA) is 90.1 Å². The molecule has 1 amide bonds. The Morgan fingerprint density at radius 2 is 1.75 bits per heavy atom. The van der Waals surface area contributed by atoms with E-state index in [0.717, 1.165) is 16.9 Å². The molecule has 138 valence electrons. The van der Waals surface area contributed by atoms with E-state index in [4.69, 9.17) is 9.26 Å². The highest BCUT2D eigenvalue weighted by Crippen LogP contribution is 2.25. The molecule has 1 N–H and O–H groups in total. The van der Waals surface area contributed by atoms with Crippen LogP contribution in [0.15, 0.2) is 77.6 Å². The van der Waals surface area contributed by atoms with Crippen LogP contribution in [0.2, 0.25) is 0 Å². The summed E-state index contributed by atoms with van der Waals surface area (Å²) < 4.78 is 10.5. The predicted octanol–water partition coefficient (Wildman–Crippen LogP) is 4.06. The summed E-state index contributed by atoms with van der Waals surface area (Å²) in [5, 5.41) is 6.85. The molecule has 0 fully saturated rings. The van der Waals surface area contributed by atoms with Crippen LogP contribution in [-0.2, 0) is 0 Å². The predicted molar refractivity (Wildman–Crippen MR) is 104 cm³/mol. The molecule has 0 aliphatic carbocycles. The summed E-state index contributed by atoms with van der Waals surface area (Å²) in [5.74, 6) is 1.43. The van der Waals surface area contributed by atoms with Crippen LogP contribution in [0.1, 0.15) is 10.4 Å².